The third kappa shape index (κ3) is 4.51. The topological polar surface area (TPSA) is 52.6 Å². The molecule has 0 saturated carbocycles. The Hall–Kier alpha value is -2.01. The summed E-state index contributed by atoms with van der Waals surface area (Å²) in [5, 5.41) is 0. The second-order valence-electron chi connectivity index (χ2n) is 6.36. The van der Waals surface area contributed by atoms with Gasteiger partial charge in [-0.05, 0) is 42.0 Å². The van der Waals surface area contributed by atoms with E-state index in [1.54, 1.807) is 0 Å². The van der Waals surface area contributed by atoms with Gasteiger partial charge in [0.15, 0.2) is 21.3 Å². The predicted molar refractivity (Wildman–Crippen MR) is 94.0 cm³/mol. The van der Waals surface area contributed by atoms with Crippen LogP contribution in [0.25, 0.3) is 0 Å². The first-order chi connectivity index (χ1) is 11.5. The first-order valence-electron chi connectivity index (χ1n) is 8.15. The number of hydrogen-bond acceptors (Lipinski definition) is 4. The van der Waals surface area contributed by atoms with Crippen molar-refractivity contribution < 1.29 is 17.9 Å². The number of sulfone groups is 1. The molecule has 1 heterocycles. The fourth-order valence-corrected chi connectivity index (χ4v) is 4.46. The maximum atomic E-state index is 12.3. The van der Waals surface area contributed by atoms with Gasteiger partial charge in [0.25, 0.3) is 0 Å². The molecule has 1 aliphatic rings. The van der Waals surface area contributed by atoms with E-state index in [0.29, 0.717) is 6.42 Å². The van der Waals surface area contributed by atoms with Crippen molar-refractivity contribution in [1.29, 1.82) is 0 Å². The highest BCUT2D eigenvalue weighted by Crippen LogP contribution is 2.33. The third-order valence-electron chi connectivity index (χ3n) is 4.17. The molecule has 4 nitrogen and oxygen atoms in total. The molecular weight excluding hydrogens is 324 g/mol. The summed E-state index contributed by atoms with van der Waals surface area (Å²) in [6.45, 7) is 2.36. The van der Waals surface area contributed by atoms with Crippen LogP contribution in [0.15, 0.2) is 48.5 Å². The number of rotatable bonds is 7. The molecule has 1 aliphatic heterocycles. The lowest BCUT2D eigenvalue weighted by molar-refractivity contribution is 0.174. The van der Waals surface area contributed by atoms with E-state index in [1.807, 2.05) is 48.5 Å². The summed E-state index contributed by atoms with van der Waals surface area (Å²) in [5.74, 6) is 2.17. The van der Waals surface area contributed by atoms with Crippen molar-refractivity contribution in [2.45, 2.75) is 25.5 Å². The molecule has 0 bridgehead atoms. The van der Waals surface area contributed by atoms with Gasteiger partial charge in [0, 0.05) is 0 Å². The minimum Gasteiger partial charge on any atom is -0.454 e. The monoisotopic (exact) mass is 346 g/mol. The van der Waals surface area contributed by atoms with E-state index in [2.05, 4.69) is 6.92 Å². The van der Waals surface area contributed by atoms with Crippen LogP contribution in [0.4, 0.5) is 0 Å². The Morgan fingerprint density at radius 2 is 1.75 bits per heavy atom. The average molecular weight is 346 g/mol. The molecule has 0 amide bonds. The fourth-order valence-electron chi connectivity index (χ4n) is 2.85. The molecule has 5 heteroatoms. The number of fused-ring (bicyclic) bond motifs is 1. The van der Waals surface area contributed by atoms with Crippen LogP contribution in [0.5, 0.6) is 11.5 Å². The highest BCUT2D eigenvalue weighted by Gasteiger charge is 2.17. The van der Waals surface area contributed by atoms with Crippen molar-refractivity contribution in [1.82, 2.24) is 0 Å². The van der Waals surface area contributed by atoms with E-state index in [-0.39, 0.29) is 24.2 Å². The Labute approximate surface area is 143 Å². The maximum absolute atomic E-state index is 12.3. The van der Waals surface area contributed by atoms with Crippen molar-refractivity contribution in [2.24, 2.45) is 5.92 Å². The third-order valence-corrected chi connectivity index (χ3v) is 5.80. The van der Waals surface area contributed by atoms with Gasteiger partial charge < -0.3 is 9.47 Å². The first kappa shape index (κ1) is 16.8. The Bertz CT molecular complexity index is 784. The Balaban J connectivity index is 1.52. The quantitative estimate of drug-likeness (QED) is 0.769. The second-order valence-corrected chi connectivity index (χ2v) is 8.55. The molecule has 1 unspecified atom stereocenters. The molecule has 0 spiro atoms. The summed E-state index contributed by atoms with van der Waals surface area (Å²) in [7, 11) is -3.08. The number of hydrogen-bond donors (Lipinski definition) is 0. The summed E-state index contributed by atoms with van der Waals surface area (Å²) >= 11 is 0. The second kappa shape index (κ2) is 7.26. The highest BCUT2D eigenvalue weighted by molar-refractivity contribution is 7.90. The number of ether oxygens (including phenoxy) is 2. The largest absolute Gasteiger partial charge is 0.454 e. The molecular formula is C19H22O4S. The normalized spacial score (nSPS) is 14.5. The molecule has 24 heavy (non-hydrogen) atoms. The highest BCUT2D eigenvalue weighted by atomic mass is 32.2. The van der Waals surface area contributed by atoms with Gasteiger partial charge in [-0.15, -0.1) is 0 Å². The zero-order chi connectivity index (χ0) is 17.0. The lowest BCUT2D eigenvalue weighted by atomic mass is 9.98. The molecule has 0 aliphatic carbocycles. The van der Waals surface area contributed by atoms with Gasteiger partial charge in [0.05, 0.1) is 11.5 Å². The molecule has 2 aromatic carbocycles. The van der Waals surface area contributed by atoms with Crippen LogP contribution in [0.2, 0.25) is 0 Å². The van der Waals surface area contributed by atoms with Crippen LogP contribution in [0.1, 0.15) is 24.5 Å². The minimum absolute atomic E-state index is 0.116. The molecule has 0 saturated heterocycles. The lowest BCUT2D eigenvalue weighted by Crippen LogP contribution is -2.13. The first-order valence-corrected chi connectivity index (χ1v) is 9.97. The van der Waals surface area contributed by atoms with E-state index < -0.39 is 9.84 Å². The van der Waals surface area contributed by atoms with Crippen LogP contribution >= 0.6 is 0 Å². The molecule has 128 valence electrons. The minimum atomic E-state index is -3.08. The summed E-state index contributed by atoms with van der Waals surface area (Å²) in [6.07, 6.45) is 1.49. The molecule has 0 aromatic heterocycles. The van der Waals surface area contributed by atoms with Crippen molar-refractivity contribution >= 4 is 9.84 Å². The zero-order valence-electron chi connectivity index (χ0n) is 13.8. The molecule has 0 N–H and O–H groups in total. The van der Waals surface area contributed by atoms with Crippen LogP contribution in [-0.4, -0.2) is 21.0 Å². The van der Waals surface area contributed by atoms with Gasteiger partial charge in [-0.3, -0.25) is 0 Å². The van der Waals surface area contributed by atoms with Crippen LogP contribution in [0.3, 0.4) is 0 Å². The molecule has 3 rings (SSSR count). The molecule has 2 aromatic rings. The summed E-state index contributed by atoms with van der Waals surface area (Å²) in [4.78, 5) is 0. The van der Waals surface area contributed by atoms with Gasteiger partial charge in [-0.25, -0.2) is 8.42 Å². The standard InChI is InChI=1S/C19H22O4S/c1-15(11-17-7-8-18-19(12-17)23-14-22-18)9-10-24(20,21)13-16-5-3-2-4-6-16/h2-8,12,15H,9-11,13-14H2,1H3. The van der Waals surface area contributed by atoms with Gasteiger partial charge in [0.2, 0.25) is 6.79 Å². The van der Waals surface area contributed by atoms with Crippen LogP contribution in [-0.2, 0) is 22.0 Å². The van der Waals surface area contributed by atoms with Gasteiger partial charge >= 0.3 is 0 Å². The Morgan fingerprint density at radius 3 is 2.54 bits per heavy atom. The summed E-state index contributed by atoms with van der Waals surface area (Å²) < 4.78 is 35.2. The maximum Gasteiger partial charge on any atom is 0.231 e. The van der Waals surface area contributed by atoms with Crippen molar-refractivity contribution in [2.75, 3.05) is 12.5 Å². The predicted octanol–water partition coefficient (Wildman–Crippen LogP) is 3.60. The molecule has 1 atom stereocenters. The zero-order valence-corrected chi connectivity index (χ0v) is 14.6. The average Bonchev–Trinajstić information content (AvgIpc) is 3.01. The van der Waals surface area contributed by atoms with E-state index in [0.717, 1.165) is 29.0 Å². The van der Waals surface area contributed by atoms with E-state index in [4.69, 9.17) is 9.47 Å². The number of benzene rings is 2. The Morgan fingerprint density at radius 1 is 1.00 bits per heavy atom. The lowest BCUT2D eigenvalue weighted by Gasteiger charge is -2.12. The van der Waals surface area contributed by atoms with Gasteiger partial charge in [-0.1, -0.05) is 43.3 Å². The van der Waals surface area contributed by atoms with Gasteiger partial charge in [-0.2, -0.15) is 0 Å². The van der Waals surface area contributed by atoms with Gasteiger partial charge in [0.1, 0.15) is 0 Å². The summed E-state index contributed by atoms with van der Waals surface area (Å²) in [5.41, 5.74) is 1.99. The molecule has 0 radical (unpaired) electrons. The molecule has 0 fully saturated rings. The van der Waals surface area contributed by atoms with Crippen molar-refractivity contribution in [3.8, 4) is 11.5 Å². The summed E-state index contributed by atoms with van der Waals surface area (Å²) in [6, 6.07) is 15.3. The van der Waals surface area contributed by atoms with E-state index >= 15 is 0 Å². The Kier molecular flexibility index (Phi) is 5.09. The van der Waals surface area contributed by atoms with Crippen molar-refractivity contribution in [3.05, 3.63) is 59.7 Å². The SMILES string of the molecule is CC(CCS(=O)(=O)Cc1ccccc1)Cc1ccc2c(c1)OCO2. The van der Waals surface area contributed by atoms with Crippen LogP contribution < -0.4 is 9.47 Å². The van der Waals surface area contributed by atoms with Crippen molar-refractivity contribution in [3.63, 3.8) is 0 Å². The smallest absolute Gasteiger partial charge is 0.231 e. The van der Waals surface area contributed by atoms with Crippen LogP contribution in [0, 0.1) is 5.92 Å². The fraction of sp³-hybridized carbons (Fsp3) is 0.368. The van der Waals surface area contributed by atoms with E-state index in [9.17, 15) is 8.42 Å². The van der Waals surface area contributed by atoms with E-state index in [1.165, 1.54) is 0 Å².